The number of pyridine rings is 2. The SMILES string of the molecule is Cc1cnc(-c2nc3[nH]ccc(=O)c3nc2-c2ccc3ncccc3c2)o1. The van der Waals surface area contributed by atoms with E-state index in [9.17, 15) is 4.79 Å². The molecule has 0 aliphatic rings. The van der Waals surface area contributed by atoms with Gasteiger partial charge in [0.2, 0.25) is 11.3 Å². The van der Waals surface area contributed by atoms with Gasteiger partial charge in [0.05, 0.1) is 11.7 Å². The molecule has 0 aliphatic heterocycles. The average Bonchev–Trinajstić information content (AvgIpc) is 3.13. The fraction of sp³-hybridized carbons (Fsp3) is 0.0500. The third-order valence-corrected chi connectivity index (χ3v) is 4.28. The second-order valence-corrected chi connectivity index (χ2v) is 6.15. The second kappa shape index (κ2) is 5.84. The van der Waals surface area contributed by atoms with Gasteiger partial charge in [-0.1, -0.05) is 12.1 Å². The van der Waals surface area contributed by atoms with E-state index < -0.39 is 0 Å². The first-order chi connectivity index (χ1) is 13.2. The molecule has 0 fully saturated rings. The molecule has 0 spiro atoms. The summed E-state index contributed by atoms with van der Waals surface area (Å²) in [6.07, 6.45) is 4.92. The molecule has 1 N–H and O–H groups in total. The number of hydrogen-bond acceptors (Lipinski definition) is 6. The smallest absolute Gasteiger partial charge is 0.247 e. The van der Waals surface area contributed by atoms with E-state index in [1.54, 1.807) is 18.6 Å². The number of hydrogen-bond donors (Lipinski definition) is 1. The second-order valence-electron chi connectivity index (χ2n) is 6.15. The number of aromatic nitrogens is 5. The van der Waals surface area contributed by atoms with E-state index in [0.29, 0.717) is 28.7 Å². The maximum Gasteiger partial charge on any atom is 0.247 e. The minimum Gasteiger partial charge on any atom is -0.440 e. The first-order valence-electron chi connectivity index (χ1n) is 8.36. The number of fused-ring (bicyclic) bond motifs is 2. The van der Waals surface area contributed by atoms with E-state index >= 15 is 0 Å². The summed E-state index contributed by atoms with van der Waals surface area (Å²) in [6.45, 7) is 1.81. The van der Waals surface area contributed by atoms with Crippen LogP contribution >= 0.6 is 0 Å². The van der Waals surface area contributed by atoms with Gasteiger partial charge >= 0.3 is 0 Å². The van der Waals surface area contributed by atoms with Crippen LogP contribution in [0.25, 0.3) is 44.9 Å². The molecule has 0 unspecified atom stereocenters. The van der Waals surface area contributed by atoms with Gasteiger partial charge in [-0.15, -0.1) is 0 Å². The number of nitrogens with zero attached hydrogens (tertiary/aromatic N) is 4. The van der Waals surface area contributed by atoms with Crippen molar-refractivity contribution in [2.24, 2.45) is 0 Å². The molecule has 0 radical (unpaired) electrons. The topological polar surface area (TPSA) is 97.6 Å². The Morgan fingerprint density at radius 2 is 1.96 bits per heavy atom. The van der Waals surface area contributed by atoms with Crippen molar-refractivity contribution in [3.63, 3.8) is 0 Å². The first kappa shape index (κ1) is 15.4. The summed E-state index contributed by atoms with van der Waals surface area (Å²) in [6, 6.07) is 11.1. The predicted octanol–water partition coefficient (Wildman–Crippen LogP) is 3.50. The van der Waals surface area contributed by atoms with Gasteiger partial charge in [0.15, 0.2) is 16.9 Å². The highest BCUT2D eigenvalue weighted by Crippen LogP contribution is 2.31. The number of benzene rings is 1. The van der Waals surface area contributed by atoms with Crippen molar-refractivity contribution < 1.29 is 4.42 Å². The van der Waals surface area contributed by atoms with Crippen LogP contribution in [0.1, 0.15) is 5.76 Å². The Kier molecular flexibility index (Phi) is 3.33. The van der Waals surface area contributed by atoms with Crippen LogP contribution in [-0.2, 0) is 0 Å². The zero-order valence-corrected chi connectivity index (χ0v) is 14.3. The number of rotatable bonds is 2. The lowest BCUT2D eigenvalue weighted by molar-refractivity contribution is 0.540. The van der Waals surface area contributed by atoms with Gasteiger partial charge in [0.1, 0.15) is 11.5 Å². The van der Waals surface area contributed by atoms with Gasteiger partial charge in [-0.05, 0) is 25.1 Å². The van der Waals surface area contributed by atoms with Crippen molar-refractivity contribution in [3.8, 4) is 22.8 Å². The predicted molar refractivity (Wildman–Crippen MR) is 101 cm³/mol. The number of aromatic amines is 1. The molecular formula is C20H13N5O2. The third-order valence-electron chi connectivity index (χ3n) is 4.28. The maximum atomic E-state index is 12.3. The highest BCUT2D eigenvalue weighted by molar-refractivity contribution is 5.88. The van der Waals surface area contributed by atoms with Crippen LogP contribution in [0.4, 0.5) is 0 Å². The summed E-state index contributed by atoms with van der Waals surface area (Å²) in [4.78, 5) is 33.0. The Hall–Kier alpha value is -3.87. The number of nitrogens with one attached hydrogen (secondary N) is 1. The van der Waals surface area contributed by atoms with Crippen LogP contribution < -0.4 is 5.43 Å². The van der Waals surface area contributed by atoms with E-state index in [1.807, 2.05) is 37.3 Å². The molecule has 0 bridgehead atoms. The zero-order valence-electron chi connectivity index (χ0n) is 14.3. The summed E-state index contributed by atoms with van der Waals surface area (Å²) in [5, 5.41) is 0.966. The van der Waals surface area contributed by atoms with E-state index in [0.717, 1.165) is 16.5 Å². The molecule has 0 saturated heterocycles. The van der Waals surface area contributed by atoms with E-state index in [4.69, 9.17) is 4.42 Å². The molecule has 4 heterocycles. The fourth-order valence-electron chi connectivity index (χ4n) is 3.02. The molecule has 5 aromatic rings. The molecule has 7 nitrogen and oxygen atoms in total. The summed E-state index contributed by atoms with van der Waals surface area (Å²) in [7, 11) is 0. The van der Waals surface area contributed by atoms with Crippen LogP contribution in [0.15, 0.2) is 64.2 Å². The number of H-pyrrole nitrogens is 1. The highest BCUT2D eigenvalue weighted by atomic mass is 16.4. The van der Waals surface area contributed by atoms with Crippen LogP contribution in [0.3, 0.4) is 0 Å². The molecule has 5 rings (SSSR count). The zero-order chi connectivity index (χ0) is 18.4. The van der Waals surface area contributed by atoms with E-state index in [2.05, 4.69) is 24.9 Å². The normalized spacial score (nSPS) is 11.3. The Bertz CT molecular complexity index is 1370. The van der Waals surface area contributed by atoms with E-state index in [1.165, 1.54) is 6.07 Å². The highest BCUT2D eigenvalue weighted by Gasteiger charge is 2.18. The number of oxazole rings is 1. The standard InChI is InChI=1S/C20H13N5O2/c1-11-10-23-20(27-11)18-16(24-17-15(26)6-8-22-19(17)25-18)13-4-5-14-12(9-13)3-2-7-21-14/h2-10H,1H3,(H,22,25,26). The van der Waals surface area contributed by atoms with Crippen molar-refractivity contribution >= 4 is 22.1 Å². The van der Waals surface area contributed by atoms with Crippen LogP contribution in [-0.4, -0.2) is 24.9 Å². The lowest BCUT2D eigenvalue weighted by Gasteiger charge is -2.08. The molecule has 1 aromatic carbocycles. The summed E-state index contributed by atoms with van der Waals surface area (Å²) < 4.78 is 5.68. The largest absolute Gasteiger partial charge is 0.440 e. The molecule has 0 amide bonds. The average molecular weight is 355 g/mol. The summed E-state index contributed by atoms with van der Waals surface area (Å²) in [5.74, 6) is 1.02. The maximum absolute atomic E-state index is 12.3. The monoisotopic (exact) mass is 355 g/mol. The molecule has 7 heteroatoms. The first-order valence-corrected chi connectivity index (χ1v) is 8.36. The molecule has 4 aromatic heterocycles. The van der Waals surface area contributed by atoms with Crippen LogP contribution in [0.5, 0.6) is 0 Å². The van der Waals surface area contributed by atoms with Gasteiger partial charge < -0.3 is 9.40 Å². The molecule has 27 heavy (non-hydrogen) atoms. The Balaban J connectivity index is 1.85. The Morgan fingerprint density at radius 1 is 1.04 bits per heavy atom. The molecule has 0 saturated carbocycles. The van der Waals surface area contributed by atoms with Crippen molar-refractivity contribution in [1.82, 2.24) is 24.9 Å². The fourth-order valence-corrected chi connectivity index (χ4v) is 3.02. The minimum atomic E-state index is -0.199. The van der Waals surface area contributed by atoms with Gasteiger partial charge in [-0.25, -0.2) is 15.0 Å². The third kappa shape index (κ3) is 2.56. The van der Waals surface area contributed by atoms with Gasteiger partial charge in [0.25, 0.3) is 0 Å². The quantitative estimate of drug-likeness (QED) is 0.520. The Labute approximate surface area is 152 Å². The van der Waals surface area contributed by atoms with Crippen molar-refractivity contribution in [2.45, 2.75) is 6.92 Å². The van der Waals surface area contributed by atoms with Crippen LogP contribution in [0, 0.1) is 6.92 Å². The van der Waals surface area contributed by atoms with Crippen molar-refractivity contribution in [1.29, 1.82) is 0 Å². The van der Waals surface area contributed by atoms with Crippen LogP contribution in [0.2, 0.25) is 0 Å². The number of aryl methyl sites for hydroxylation is 1. The molecule has 0 aliphatic carbocycles. The van der Waals surface area contributed by atoms with Crippen molar-refractivity contribution in [2.75, 3.05) is 0 Å². The van der Waals surface area contributed by atoms with Gasteiger partial charge in [-0.3, -0.25) is 9.78 Å². The lowest BCUT2D eigenvalue weighted by atomic mass is 10.1. The lowest BCUT2D eigenvalue weighted by Crippen LogP contribution is -2.06. The van der Waals surface area contributed by atoms with Crippen molar-refractivity contribution in [3.05, 3.63) is 71.0 Å². The molecular weight excluding hydrogens is 342 g/mol. The molecule has 0 atom stereocenters. The summed E-state index contributed by atoms with van der Waals surface area (Å²) >= 11 is 0. The molecule has 130 valence electrons. The Morgan fingerprint density at radius 3 is 2.81 bits per heavy atom. The van der Waals surface area contributed by atoms with E-state index in [-0.39, 0.29) is 10.9 Å². The minimum absolute atomic E-state index is 0.199. The van der Waals surface area contributed by atoms with Gasteiger partial charge in [-0.2, -0.15) is 0 Å². The van der Waals surface area contributed by atoms with Gasteiger partial charge in [0, 0.05) is 29.4 Å². The summed E-state index contributed by atoms with van der Waals surface area (Å²) in [5.41, 5.74) is 3.15.